The molecule has 1 saturated heterocycles. The summed E-state index contributed by atoms with van der Waals surface area (Å²) in [4.78, 5) is 16.7. The van der Waals surface area contributed by atoms with Crippen molar-refractivity contribution in [3.05, 3.63) is 42.0 Å². The van der Waals surface area contributed by atoms with Crippen LogP contribution < -0.4 is 24.4 Å². The van der Waals surface area contributed by atoms with Crippen molar-refractivity contribution in [3.8, 4) is 17.2 Å². The van der Waals surface area contributed by atoms with Gasteiger partial charge in [0, 0.05) is 37.9 Å². The maximum Gasteiger partial charge on any atom is 0.322 e. The largest absolute Gasteiger partial charge is 0.495 e. The van der Waals surface area contributed by atoms with Crippen LogP contribution in [0.25, 0.3) is 0 Å². The Morgan fingerprint density at radius 2 is 1.50 bits per heavy atom. The maximum absolute atomic E-state index is 12.7. The number of hydrogen-bond donors (Lipinski definition) is 1. The molecule has 2 aromatic rings. The van der Waals surface area contributed by atoms with Crippen LogP contribution in [0, 0.1) is 6.92 Å². The van der Waals surface area contributed by atoms with E-state index in [1.807, 2.05) is 48.2 Å². The number of amides is 2. The summed E-state index contributed by atoms with van der Waals surface area (Å²) in [7, 11) is 4.85. The zero-order chi connectivity index (χ0) is 20.1. The Balaban J connectivity index is 1.62. The van der Waals surface area contributed by atoms with Crippen LogP contribution in [-0.4, -0.2) is 58.4 Å². The van der Waals surface area contributed by atoms with Crippen molar-refractivity contribution in [2.75, 3.05) is 57.7 Å². The Kier molecular flexibility index (Phi) is 6.13. The minimum absolute atomic E-state index is 0.115. The third-order valence-electron chi connectivity index (χ3n) is 4.90. The number of nitrogens with zero attached hydrogens (tertiary/aromatic N) is 2. The third-order valence-corrected chi connectivity index (χ3v) is 4.90. The van der Waals surface area contributed by atoms with Gasteiger partial charge in [-0.25, -0.2) is 4.79 Å². The predicted octanol–water partition coefficient (Wildman–Crippen LogP) is 3.37. The third kappa shape index (κ3) is 4.24. The molecule has 0 aliphatic carbocycles. The second kappa shape index (κ2) is 8.73. The van der Waals surface area contributed by atoms with Gasteiger partial charge in [0.05, 0.1) is 27.0 Å². The molecule has 2 aromatic carbocycles. The number of carbonyl (C=O) groups is 1. The number of urea groups is 1. The van der Waals surface area contributed by atoms with Crippen molar-refractivity contribution >= 4 is 17.4 Å². The zero-order valence-electron chi connectivity index (χ0n) is 16.8. The van der Waals surface area contributed by atoms with Gasteiger partial charge in [0.15, 0.2) is 11.5 Å². The summed E-state index contributed by atoms with van der Waals surface area (Å²) < 4.78 is 16.0. The summed E-state index contributed by atoms with van der Waals surface area (Å²) in [5.41, 5.74) is 2.81. The van der Waals surface area contributed by atoms with Crippen LogP contribution in [0.15, 0.2) is 36.4 Å². The van der Waals surface area contributed by atoms with E-state index in [1.54, 1.807) is 21.3 Å². The van der Waals surface area contributed by atoms with E-state index in [-0.39, 0.29) is 6.03 Å². The fourth-order valence-electron chi connectivity index (χ4n) is 3.30. The molecule has 1 heterocycles. The Morgan fingerprint density at radius 1 is 0.857 bits per heavy atom. The number of carbonyl (C=O) groups excluding carboxylic acids is 1. The highest BCUT2D eigenvalue weighted by atomic mass is 16.5. The molecule has 0 bridgehead atoms. The molecule has 1 fully saturated rings. The molecule has 0 atom stereocenters. The van der Waals surface area contributed by atoms with Gasteiger partial charge in [0.25, 0.3) is 0 Å². The molecule has 28 heavy (non-hydrogen) atoms. The lowest BCUT2D eigenvalue weighted by molar-refractivity contribution is 0.208. The summed E-state index contributed by atoms with van der Waals surface area (Å²) in [6.45, 7) is 4.74. The molecule has 1 aliphatic heterocycles. The second-order valence-electron chi connectivity index (χ2n) is 6.65. The number of benzene rings is 2. The van der Waals surface area contributed by atoms with Gasteiger partial charge in [-0.05, 0) is 36.8 Å². The number of methoxy groups -OCH3 is 3. The molecule has 150 valence electrons. The molecule has 7 nitrogen and oxygen atoms in total. The minimum Gasteiger partial charge on any atom is -0.495 e. The molecule has 0 aromatic heterocycles. The number of nitrogens with one attached hydrogen (secondary N) is 1. The standard InChI is InChI=1S/C21H27N3O4/c1-15-5-7-18(26-2)17(13-15)22-21(25)24-11-9-23(10-12-24)16-6-8-19(27-3)20(14-16)28-4/h5-8,13-14H,9-12H2,1-4H3,(H,22,25). The van der Waals surface area contributed by atoms with E-state index in [1.165, 1.54) is 0 Å². The second-order valence-corrected chi connectivity index (χ2v) is 6.65. The lowest BCUT2D eigenvalue weighted by Crippen LogP contribution is -2.50. The van der Waals surface area contributed by atoms with Crippen molar-refractivity contribution in [1.29, 1.82) is 0 Å². The average molecular weight is 385 g/mol. The van der Waals surface area contributed by atoms with Crippen LogP contribution in [0.5, 0.6) is 17.2 Å². The van der Waals surface area contributed by atoms with E-state index < -0.39 is 0 Å². The van der Waals surface area contributed by atoms with Gasteiger partial charge in [-0.15, -0.1) is 0 Å². The predicted molar refractivity (Wildman–Crippen MR) is 110 cm³/mol. The van der Waals surface area contributed by atoms with Crippen molar-refractivity contribution in [2.45, 2.75) is 6.92 Å². The van der Waals surface area contributed by atoms with Crippen molar-refractivity contribution in [2.24, 2.45) is 0 Å². The van der Waals surface area contributed by atoms with Crippen molar-refractivity contribution < 1.29 is 19.0 Å². The molecule has 7 heteroatoms. The minimum atomic E-state index is -0.115. The zero-order valence-corrected chi connectivity index (χ0v) is 16.8. The molecule has 0 unspecified atom stereocenters. The first kappa shape index (κ1) is 19.7. The number of piperazine rings is 1. The summed E-state index contributed by atoms with van der Waals surface area (Å²) in [6, 6.07) is 11.5. The fourth-order valence-corrected chi connectivity index (χ4v) is 3.30. The van der Waals surface area contributed by atoms with Gasteiger partial charge in [-0.2, -0.15) is 0 Å². The SMILES string of the molecule is COc1ccc(C)cc1NC(=O)N1CCN(c2ccc(OC)c(OC)c2)CC1. The van der Waals surface area contributed by atoms with E-state index in [0.717, 1.165) is 24.3 Å². The number of rotatable bonds is 5. The molecule has 0 spiro atoms. The van der Waals surface area contributed by atoms with Crippen LogP contribution in [0.1, 0.15) is 5.56 Å². The topological polar surface area (TPSA) is 63.3 Å². The molecule has 1 N–H and O–H groups in total. The van der Waals surface area contributed by atoms with Gasteiger partial charge in [0.2, 0.25) is 0 Å². The van der Waals surface area contributed by atoms with Crippen LogP contribution >= 0.6 is 0 Å². The average Bonchev–Trinajstić information content (AvgIpc) is 2.73. The Labute approximate surface area is 165 Å². The van der Waals surface area contributed by atoms with Crippen LogP contribution in [0.4, 0.5) is 16.2 Å². The fraction of sp³-hybridized carbons (Fsp3) is 0.381. The first-order valence-corrected chi connectivity index (χ1v) is 9.23. The van der Waals surface area contributed by atoms with E-state index in [0.29, 0.717) is 36.0 Å². The Bertz CT molecular complexity index is 832. The summed E-state index contributed by atoms with van der Waals surface area (Å²) in [6.07, 6.45) is 0. The monoisotopic (exact) mass is 385 g/mol. The smallest absolute Gasteiger partial charge is 0.322 e. The first-order valence-electron chi connectivity index (χ1n) is 9.23. The number of aryl methyl sites for hydroxylation is 1. The summed E-state index contributed by atoms with van der Waals surface area (Å²) >= 11 is 0. The van der Waals surface area contributed by atoms with Gasteiger partial charge >= 0.3 is 6.03 Å². The van der Waals surface area contributed by atoms with Gasteiger partial charge in [-0.3, -0.25) is 0 Å². The van der Waals surface area contributed by atoms with Crippen molar-refractivity contribution in [3.63, 3.8) is 0 Å². The highest BCUT2D eigenvalue weighted by molar-refractivity contribution is 5.91. The Hall–Kier alpha value is -3.09. The normalized spacial score (nSPS) is 13.9. The molecule has 0 radical (unpaired) electrons. The molecule has 0 saturated carbocycles. The number of anilines is 2. The first-order chi connectivity index (χ1) is 13.5. The van der Waals surface area contributed by atoms with Gasteiger partial charge in [-0.1, -0.05) is 6.07 Å². The molecular formula is C21H27N3O4. The van der Waals surface area contributed by atoms with Crippen molar-refractivity contribution in [1.82, 2.24) is 4.90 Å². The molecule has 2 amide bonds. The van der Waals surface area contributed by atoms with Crippen LogP contribution in [-0.2, 0) is 0 Å². The lowest BCUT2D eigenvalue weighted by Gasteiger charge is -2.36. The quantitative estimate of drug-likeness (QED) is 0.855. The van der Waals surface area contributed by atoms with E-state index in [9.17, 15) is 4.79 Å². The Morgan fingerprint density at radius 3 is 2.14 bits per heavy atom. The molecule has 1 aliphatic rings. The maximum atomic E-state index is 12.7. The van der Waals surface area contributed by atoms with Gasteiger partial charge in [0.1, 0.15) is 5.75 Å². The number of hydrogen-bond acceptors (Lipinski definition) is 5. The molecular weight excluding hydrogens is 358 g/mol. The number of ether oxygens (including phenoxy) is 3. The highest BCUT2D eigenvalue weighted by Crippen LogP contribution is 2.32. The highest BCUT2D eigenvalue weighted by Gasteiger charge is 2.23. The molecule has 3 rings (SSSR count). The van der Waals surface area contributed by atoms with Crippen LogP contribution in [0.3, 0.4) is 0 Å². The van der Waals surface area contributed by atoms with Crippen LogP contribution in [0.2, 0.25) is 0 Å². The lowest BCUT2D eigenvalue weighted by atomic mass is 10.2. The van der Waals surface area contributed by atoms with Gasteiger partial charge < -0.3 is 29.3 Å². The van der Waals surface area contributed by atoms with E-state index in [2.05, 4.69) is 10.2 Å². The van der Waals surface area contributed by atoms with E-state index >= 15 is 0 Å². The summed E-state index contributed by atoms with van der Waals surface area (Å²) in [5.74, 6) is 2.06. The summed E-state index contributed by atoms with van der Waals surface area (Å²) in [5, 5.41) is 2.97. The van der Waals surface area contributed by atoms with E-state index in [4.69, 9.17) is 14.2 Å².